The minimum Gasteiger partial charge on any atom is -0.353 e. The van der Waals surface area contributed by atoms with Crippen LogP contribution in [0.1, 0.15) is 13.8 Å². The molecule has 0 radical (unpaired) electrons. The van der Waals surface area contributed by atoms with E-state index >= 15 is 0 Å². The number of carbonyl (C=O) groups excluding carboxylic acids is 1. The van der Waals surface area contributed by atoms with Crippen LogP contribution in [0.4, 0.5) is 0 Å². The zero-order valence-electron chi connectivity index (χ0n) is 7.78. The van der Waals surface area contributed by atoms with Crippen LogP contribution in [0.15, 0.2) is 12.7 Å². The molecule has 1 amide bonds. The topological polar surface area (TPSA) is 83.5 Å². The van der Waals surface area contributed by atoms with Gasteiger partial charge in [0.1, 0.15) is 0 Å². The first-order valence-electron chi connectivity index (χ1n) is 3.72. The summed E-state index contributed by atoms with van der Waals surface area (Å²) < 4.78 is 26.9. The van der Waals surface area contributed by atoms with E-state index in [1.807, 2.05) is 6.92 Å². The summed E-state index contributed by atoms with van der Waals surface area (Å²) in [5.74, 6) is -0.310. The second kappa shape index (κ2) is 7.75. The Morgan fingerprint density at radius 2 is 1.92 bits per heavy atom. The van der Waals surface area contributed by atoms with Gasteiger partial charge in [0.15, 0.2) is 0 Å². The number of rotatable bonds is 3. The number of likely N-dealkylation sites (N-methyl/N-ethyl adjacent to an activating group) is 1. The summed E-state index contributed by atoms with van der Waals surface area (Å²) >= 11 is 0. The molecule has 0 rings (SSSR count). The molecule has 5 nitrogen and oxygen atoms in total. The Hall–Kier alpha value is -0.880. The predicted molar refractivity (Wildman–Crippen MR) is 51.0 cm³/mol. The fourth-order valence-corrected chi connectivity index (χ4v) is 0.246. The molecule has 0 spiro atoms. The van der Waals surface area contributed by atoms with Gasteiger partial charge in [-0.1, -0.05) is 6.58 Å². The number of hydrogen-bond donors (Lipinski definition) is 2. The average Bonchev–Trinajstić information content (AvgIpc) is 2.05. The molecule has 0 atom stereocenters. The summed E-state index contributed by atoms with van der Waals surface area (Å²) in [6, 6.07) is 0. The van der Waals surface area contributed by atoms with Gasteiger partial charge in [-0.15, -0.1) is 0 Å². The van der Waals surface area contributed by atoms with E-state index in [0.29, 0.717) is 6.54 Å². The van der Waals surface area contributed by atoms with E-state index in [4.69, 9.17) is 4.55 Å². The van der Waals surface area contributed by atoms with Gasteiger partial charge >= 0.3 is 0 Å². The summed E-state index contributed by atoms with van der Waals surface area (Å²) in [5, 5.41) is 2.54. The second-order valence-electron chi connectivity index (χ2n) is 1.97. The lowest BCUT2D eigenvalue weighted by molar-refractivity contribution is -0.116. The van der Waals surface area contributed by atoms with Crippen LogP contribution in [-0.2, 0) is 14.9 Å². The first kappa shape index (κ1) is 14.6. The molecule has 0 saturated heterocycles. The van der Waals surface area contributed by atoms with Crippen LogP contribution in [0, 0.1) is 0 Å². The van der Waals surface area contributed by atoms with Crippen molar-refractivity contribution in [2.24, 2.45) is 0 Å². The quantitative estimate of drug-likeness (QED) is 0.514. The minimum absolute atomic E-state index is 0.109. The molecule has 6 heteroatoms. The van der Waals surface area contributed by atoms with Crippen molar-refractivity contribution in [3.63, 3.8) is 0 Å². The lowest BCUT2D eigenvalue weighted by Crippen LogP contribution is -2.19. The molecule has 0 unspecified atom stereocenters. The molecule has 0 fully saturated rings. The minimum atomic E-state index is -3.66. The first-order chi connectivity index (χ1) is 5.87. The molecule has 0 aromatic rings. The SMILES string of the molecule is C=CC(=O)NCC.CCS(=O)(=O)O. The van der Waals surface area contributed by atoms with Gasteiger partial charge in [-0.2, -0.15) is 8.42 Å². The number of hydrogen-bond acceptors (Lipinski definition) is 3. The Labute approximate surface area is 78.6 Å². The van der Waals surface area contributed by atoms with Crippen molar-refractivity contribution in [3.8, 4) is 0 Å². The van der Waals surface area contributed by atoms with Crippen LogP contribution in [0.25, 0.3) is 0 Å². The summed E-state index contributed by atoms with van der Waals surface area (Å²) in [5.41, 5.74) is 0. The van der Waals surface area contributed by atoms with Gasteiger partial charge in [-0.05, 0) is 19.9 Å². The number of nitrogens with one attached hydrogen (secondary N) is 1. The Balaban J connectivity index is 0. The molecule has 0 aliphatic carbocycles. The summed E-state index contributed by atoms with van der Waals surface area (Å²) in [7, 11) is -3.66. The third-order valence-electron chi connectivity index (χ3n) is 0.901. The highest BCUT2D eigenvalue weighted by atomic mass is 32.2. The van der Waals surface area contributed by atoms with E-state index in [-0.39, 0.29) is 11.7 Å². The number of carbonyl (C=O) groups is 1. The van der Waals surface area contributed by atoms with Crippen LogP contribution in [-0.4, -0.2) is 31.2 Å². The Kier molecular flexibility index (Phi) is 8.73. The van der Waals surface area contributed by atoms with E-state index in [2.05, 4.69) is 11.9 Å². The smallest absolute Gasteiger partial charge is 0.264 e. The molecule has 13 heavy (non-hydrogen) atoms. The Morgan fingerprint density at radius 3 is 2.00 bits per heavy atom. The second-order valence-corrected chi connectivity index (χ2v) is 3.71. The van der Waals surface area contributed by atoms with Crippen LogP contribution in [0.3, 0.4) is 0 Å². The predicted octanol–water partition coefficient (Wildman–Crippen LogP) is 0.203. The van der Waals surface area contributed by atoms with Crippen LogP contribution in [0.5, 0.6) is 0 Å². The van der Waals surface area contributed by atoms with Crippen molar-refractivity contribution in [3.05, 3.63) is 12.7 Å². The lowest BCUT2D eigenvalue weighted by Gasteiger charge is -1.90. The molecule has 2 N–H and O–H groups in total. The Morgan fingerprint density at radius 1 is 1.54 bits per heavy atom. The molecule has 0 aliphatic rings. The molecule has 0 aromatic carbocycles. The third-order valence-corrected chi connectivity index (χ3v) is 1.63. The van der Waals surface area contributed by atoms with Crippen LogP contribution >= 0.6 is 0 Å². The molecule has 0 aliphatic heterocycles. The summed E-state index contributed by atoms with van der Waals surface area (Å²) in [6.07, 6.45) is 1.25. The molecule has 0 saturated carbocycles. The fraction of sp³-hybridized carbons (Fsp3) is 0.571. The zero-order chi connectivity index (χ0) is 10.9. The summed E-state index contributed by atoms with van der Waals surface area (Å²) in [4.78, 5) is 10.2. The van der Waals surface area contributed by atoms with E-state index in [0.717, 1.165) is 0 Å². The van der Waals surface area contributed by atoms with Crippen molar-refractivity contribution in [1.29, 1.82) is 0 Å². The summed E-state index contributed by atoms with van der Waals surface area (Å²) in [6.45, 7) is 7.17. The molecular formula is C7H15NO4S. The highest BCUT2D eigenvalue weighted by Gasteiger charge is 1.93. The standard InChI is InChI=1S/C5H9NO.C2H6O3S/c1-3-5(7)6-4-2;1-2-6(3,4)5/h3H,1,4H2,2H3,(H,6,7);2H2,1H3,(H,3,4,5). The largest absolute Gasteiger partial charge is 0.353 e. The normalized spacial score (nSPS) is 9.46. The molecular weight excluding hydrogens is 194 g/mol. The number of amides is 1. The van der Waals surface area contributed by atoms with Crippen molar-refractivity contribution < 1.29 is 17.8 Å². The van der Waals surface area contributed by atoms with Gasteiger partial charge < -0.3 is 5.32 Å². The van der Waals surface area contributed by atoms with Gasteiger partial charge in [0.2, 0.25) is 5.91 Å². The monoisotopic (exact) mass is 209 g/mol. The van der Waals surface area contributed by atoms with Gasteiger partial charge in [0, 0.05) is 6.54 Å². The molecule has 0 aromatic heterocycles. The van der Waals surface area contributed by atoms with Crippen molar-refractivity contribution in [2.75, 3.05) is 12.3 Å². The van der Waals surface area contributed by atoms with E-state index < -0.39 is 10.1 Å². The lowest BCUT2D eigenvalue weighted by atomic mass is 10.6. The van der Waals surface area contributed by atoms with E-state index in [1.54, 1.807) is 0 Å². The third kappa shape index (κ3) is 18.2. The molecule has 0 heterocycles. The fourth-order valence-electron chi connectivity index (χ4n) is 0.246. The van der Waals surface area contributed by atoms with Gasteiger partial charge in [0.05, 0.1) is 5.75 Å². The van der Waals surface area contributed by atoms with E-state index in [1.165, 1.54) is 13.0 Å². The first-order valence-corrected chi connectivity index (χ1v) is 5.33. The van der Waals surface area contributed by atoms with Crippen molar-refractivity contribution in [1.82, 2.24) is 5.32 Å². The highest BCUT2D eigenvalue weighted by Crippen LogP contribution is 1.74. The van der Waals surface area contributed by atoms with E-state index in [9.17, 15) is 13.2 Å². The maximum atomic E-state index is 10.2. The van der Waals surface area contributed by atoms with Gasteiger partial charge in [-0.25, -0.2) is 0 Å². The molecule has 78 valence electrons. The maximum Gasteiger partial charge on any atom is 0.264 e. The molecule has 0 bridgehead atoms. The van der Waals surface area contributed by atoms with Crippen molar-refractivity contribution in [2.45, 2.75) is 13.8 Å². The van der Waals surface area contributed by atoms with Crippen molar-refractivity contribution >= 4 is 16.0 Å². The zero-order valence-corrected chi connectivity index (χ0v) is 8.60. The maximum absolute atomic E-state index is 10.2. The highest BCUT2D eigenvalue weighted by molar-refractivity contribution is 7.85. The van der Waals surface area contributed by atoms with Crippen LogP contribution in [0.2, 0.25) is 0 Å². The average molecular weight is 209 g/mol. The van der Waals surface area contributed by atoms with Crippen LogP contribution < -0.4 is 5.32 Å². The van der Waals surface area contributed by atoms with Gasteiger partial charge in [-0.3, -0.25) is 9.35 Å². The van der Waals surface area contributed by atoms with Gasteiger partial charge in [0.25, 0.3) is 10.1 Å². The Bertz CT molecular complexity index is 245.